The van der Waals surface area contributed by atoms with E-state index in [0.717, 1.165) is 5.69 Å². The van der Waals surface area contributed by atoms with Gasteiger partial charge in [-0.1, -0.05) is 11.2 Å². The van der Waals surface area contributed by atoms with Crippen molar-refractivity contribution in [3.8, 4) is 5.88 Å². The van der Waals surface area contributed by atoms with Gasteiger partial charge in [-0.3, -0.25) is 4.79 Å². The zero-order chi connectivity index (χ0) is 17.1. The summed E-state index contributed by atoms with van der Waals surface area (Å²) < 4.78 is 10.4. The lowest BCUT2D eigenvalue weighted by Gasteiger charge is -2.17. The molecule has 1 fully saturated rings. The topological polar surface area (TPSA) is 118 Å². The number of nitrogens with zero attached hydrogens (tertiary/aromatic N) is 2. The summed E-state index contributed by atoms with van der Waals surface area (Å²) >= 11 is 0. The third-order valence-electron chi connectivity index (χ3n) is 4.09. The first-order valence-corrected chi connectivity index (χ1v) is 7.68. The molecule has 0 aromatic carbocycles. The number of hydrogen-bond donors (Lipinski definition) is 3. The predicted octanol–water partition coefficient (Wildman–Crippen LogP) is 0.297. The third-order valence-corrected chi connectivity index (χ3v) is 4.09. The van der Waals surface area contributed by atoms with Crippen LogP contribution in [-0.4, -0.2) is 51.1 Å². The molecule has 2 aromatic heterocycles. The molecule has 2 heterocycles. The van der Waals surface area contributed by atoms with Crippen LogP contribution in [-0.2, 0) is 0 Å². The van der Waals surface area contributed by atoms with Crippen molar-refractivity contribution in [3.05, 3.63) is 41.9 Å². The molecule has 24 heavy (non-hydrogen) atoms. The highest BCUT2D eigenvalue weighted by molar-refractivity contribution is 5.91. The van der Waals surface area contributed by atoms with Crippen LogP contribution in [0.3, 0.4) is 0 Å². The van der Waals surface area contributed by atoms with E-state index < -0.39 is 24.2 Å². The van der Waals surface area contributed by atoms with Gasteiger partial charge in [-0.25, -0.2) is 4.98 Å². The van der Waals surface area contributed by atoms with Gasteiger partial charge in [0, 0.05) is 23.7 Å². The monoisotopic (exact) mass is 333 g/mol. The highest BCUT2D eigenvalue weighted by Crippen LogP contribution is 2.28. The summed E-state index contributed by atoms with van der Waals surface area (Å²) in [7, 11) is 0. The van der Waals surface area contributed by atoms with Crippen LogP contribution in [0, 0.1) is 12.8 Å². The molecular weight excluding hydrogens is 314 g/mol. The molecule has 1 aliphatic carbocycles. The number of amides is 1. The third kappa shape index (κ3) is 3.55. The average molecular weight is 333 g/mol. The standard InChI is InChI=1S/C16H19N3O5/c1-9-3-2-4-13(18-9)23-8-10-7-11(15(21)14(10)20)19-16(22)12-5-6-17-24-12/h2-6,10-11,14-15,20-21H,7-8H2,1H3,(H,19,22)/t10-,11-,14-,15+/m1/s1. The normalized spacial score (nSPS) is 26.3. The maximum Gasteiger partial charge on any atom is 0.290 e. The largest absolute Gasteiger partial charge is 0.477 e. The van der Waals surface area contributed by atoms with Crippen LogP contribution >= 0.6 is 0 Å². The molecule has 0 aliphatic heterocycles. The summed E-state index contributed by atoms with van der Waals surface area (Å²) in [5.74, 6) is -0.279. The van der Waals surface area contributed by atoms with E-state index in [0.29, 0.717) is 12.3 Å². The number of pyridine rings is 1. The molecule has 2 aromatic rings. The van der Waals surface area contributed by atoms with Crippen LogP contribution < -0.4 is 10.1 Å². The Morgan fingerprint density at radius 2 is 2.21 bits per heavy atom. The maximum absolute atomic E-state index is 12.0. The van der Waals surface area contributed by atoms with Gasteiger partial charge in [-0.15, -0.1) is 0 Å². The van der Waals surface area contributed by atoms with Crippen molar-refractivity contribution in [1.82, 2.24) is 15.5 Å². The highest BCUT2D eigenvalue weighted by atomic mass is 16.5. The van der Waals surface area contributed by atoms with E-state index >= 15 is 0 Å². The Kier molecular flexibility index (Phi) is 4.77. The molecule has 1 saturated carbocycles. The fraction of sp³-hybridized carbons (Fsp3) is 0.438. The van der Waals surface area contributed by atoms with Gasteiger partial charge in [-0.2, -0.15) is 0 Å². The van der Waals surface area contributed by atoms with Gasteiger partial charge in [-0.05, 0) is 19.4 Å². The van der Waals surface area contributed by atoms with E-state index in [1.165, 1.54) is 12.3 Å². The van der Waals surface area contributed by atoms with E-state index in [4.69, 9.17) is 9.26 Å². The maximum atomic E-state index is 12.0. The second-order valence-corrected chi connectivity index (χ2v) is 5.86. The second kappa shape index (κ2) is 6.98. The van der Waals surface area contributed by atoms with Gasteiger partial charge in [0.15, 0.2) is 0 Å². The SMILES string of the molecule is Cc1cccc(OC[C@H]2C[C@@H](NC(=O)c3ccno3)[C@H](O)[C@@H]2O)n1. The van der Waals surface area contributed by atoms with Crippen molar-refractivity contribution in [3.63, 3.8) is 0 Å². The quantitative estimate of drug-likeness (QED) is 0.720. The first kappa shape index (κ1) is 16.4. The van der Waals surface area contributed by atoms with Crippen molar-refractivity contribution < 1.29 is 24.3 Å². The van der Waals surface area contributed by atoms with E-state index in [1.807, 2.05) is 19.1 Å². The lowest BCUT2D eigenvalue weighted by Crippen LogP contribution is -2.43. The zero-order valence-electron chi connectivity index (χ0n) is 13.1. The molecule has 0 bridgehead atoms. The van der Waals surface area contributed by atoms with E-state index in [1.54, 1.807) is 6.07 Å². The van der Waals surface area contributed by atoms with Gasteiger partial charge in [0.05, 0.1) is 24.9 Å². The zero-order valence-corrected chi connectivity index (χ0v) is 13.1. The van der Waals surface area contributed by atoms with E-state index in [-0.39, 0.29) is 18.3 Å². The Bertz CT molecular complexity index is 691. The fourth-order valence-corrected chi connectivity index (χ4v) is 2.80. The number of carbonyl (C=O) groups excluding carboxylic acids is 1. The van der Waals surface area contributed by atoms with Gasteiger partial charge >= 0.3 is 0 Å². The lowest BCUT2D eigenvalue weighted by molar-refractivity contribution is 0.00204. The van der Waals surface area contributed by atoms with Crippen molar-refractivity contribution in [2.45, 2.75) is 31.6 Å². The van der Waals surface area contributed by atoms with Gasteiger partial charge < -0.3 is 24.8 Å². The van der Waals surface area contributed by atoms with Crippen molar-refractivity contribution in [1.29, 1.82) is 0 Å². The summed E-state index contributed by atoms with van der Waals surface area (Å²) in [6, 6.07) is 6.26. The molecule has 0 spiro atoms. The molecule has 0 saturated heterocycles. The molecule has 0 radical (unpaired) electrons. The Labute approximate surface area is 138 Å². The molecule has 8 nitrogen and oxygen atoms in total. The number of aryl methyl sites for hydroxylation is 1. The number of aromatic nitrogens is 2. The van der Waals surface area contributed by atoms with Gasteiger partial charge in [0.1, 0.15) is 6.10 Å². The number of carbonyl (C=O) groups is 1. The summed E-state index contributed by atoms with van der Waals surface area (Å²) in [5, 5.41) is 26.4. The molecule has 3 N–H and O–H groups in total. The predicted molar refractivity (Wildman–Crippen MR) is 82.3 cm³/mol. The van der Waals surface area contributed by atoms with Crippen molar-refractivity contribution >= 4 is 5.91 Å². The Balaban J connectivity index is 1.57. The summed E-state index contributed by atoms with van der Waals surface area (Å²) in [4.78, 5) is 16.2. The highest BCUT2D eigenvalue weighted by Gasteiger charge is 2.42. The molecule has 0 unspecified atom stereocenters. The van der Waals surface area contributed by atoms with Gasteiger partial charge in [0.2, 0.25) is 11.6 Å². The van der Waals surface area contributed by atoms with E-state index in [9.17, 15) is 15.0 Å². The number of hydrogen-bond acceptors (Lipinski definition) is 7. The number of aliphatic hydroxyl groups is 2. The van der Waals surface area contributed by atoms with Crippen molar-refractivity contribution in [2.24, 2.45) is 5.92 Å². The molecule has 8 heteroatoms. The van der Waals surface area contributed by atoms with E-state index in [2.05, 4.69) is 15.5 Å². The minimum atomic E-state index is -1.07. The Morgan fingerprint density at radius 3 is 2.92 bits per heavy atom. The number of rotatable bonds is 5. The van der Waals surface area contributed by atoms with Crippen molar-refractivity contribution in [2.75, 3.05) is 6.61 Å². The summed E-state index contributed by atoms with van der Waals surface area (Å²) in [6.45, 7) is 2.06. The summed E-state index contributed by atoms with van der Waals surface area (Å²) in [6.07, 6.45) is -0.320. The van der Waals surface area contributed by atoms with Gasteiger partial charge in [0.25, 0.3) is 5.91 Å². The van der Waals surface area contributed by atoms with Crippen LogP contribution in [0.25, 0.3) is 0 Å². The minimum absolute atomic E-state index is 0.0559. The minimum Gasteiger partial charge on any atom is -0.477 e. The number of aliphatic hydroxyl groups excluding tert-OH is 2. The van der Waals surface area contributed by atoms with Crippen LogP contribution in [0.2, 0.25) is 0 Å². The lowest BCUT2D eigenvalue weighted by atomic mass is 10.1. The number of ether oxygens (including phenoxy) is 1. The Morgan fingerprint density at radius 1 is 1.38 bits per heavy atom. The first-order valence-electron chi connectivity index (χ1n) is 7.68. The summed E-state index contributed by atoms with van der Waals surface area (Å²) in [5.41, 5.74) is 0.830. The van der Waals surface area contributed by atoms with Crippen LogP contribution in [0.1, 0.15) is 22.7 Å². The molecular formula is C16H19N3O5. The smallest absolute Gasteiger partial charge is 0.290 e. The van der Waals surface area contributed by atoms with Crippen LogP contribution in [0.4, 0.5) is 0 Å². The average Bonchev–Trinajstić information content (AvgIpc) is 3.18. The van der Waals surface area contributed by atoms with Crippen LogP contribution in [0.15, 0.2) is 35.0 Å². The van der Waals surface area contributed by atoms with Crippen LogP contribution in [0.5, 0.6) is 5.88 Å². The molecule has 1 aliphatic rings. The molecule has 128 valence electrons. The Hall–Kier alpha value is -2.45. The second-order valence-electron chi connectivity index (χ2n) is 5.86. The molecule has 1 amide bonds. The first-order chi connectivity index (χ1) is 11.5. The molecule has 3 rings (SSSR count). The number of nitrogens with one attached hydrogen (secondary N) is 1. The molecule has 4 atom stereocenters. The fourth-order valence-electron chi connectivity index (χ4n) is 2.80.